The molecule has 5 heteroatoms. The Balaban J connectivity index is 1.86. The van der Waals surface area contributed by atoms with Gasteiger partial charge in [0, 0.05) is 24.5 Å². The fourth-order valence-corrected chi connectivity index (χ4v) is 1.66. The Morgan fingerprint density at radius 3 is 2.90 bits per heavy atom. The second-order valence-electron chi connectivity index (χ2n) is 4.73. The highest BCUT2D eigenvalue weighted by molar-refractivity contribution is 5.48. The predicted molar refractivity (Wildman–Crippen MR) is 79.8 cm³/mol. The lowest BCUT2D eigenvalue weighted by Gasteiger charge is -2.12. The Bertz CT molecular complexity index is 516. The molecule has 0 spiro atoms. The minimum absolute atomic E-state index is 0.670. The van der Waals surface area contributed by atoms with E-state index in [1.54, 1.807) is 12.5 Å². The van der Waals surface area contributed by atoms with Crippen molar-refractivity contribution in [3.8, 4) is 5.75 Å². The number of rotatable bonds is 7. The maximum Gasteiger partial charge on any atom is 0.121 e. The molecule has 0 saturated carbocycles. The van der Waals surface area contributed by atoms with E-state index < -0.39 is 0 Å². The molecule has 5 nitrogen and oxygen atoms in total. The van der Waals surface area contributed by atoms with Gasteiger partial charge in [0.05, 0.1) is 12.2 Å². The molecule has 0 aliphatic rings. The topological polar surface area (TPSA) is 50.3 Å². The number of nitrogens with zero attached hydrogens (tertiary/aromatic N) is 3. The Morgan fingerprint density at radius 2 is 2.15 bits per heavy atom. The minimum Gasteiger partial charge on any atom is -0.492 e. The lowest BCUT2D eigenvalue weighted by atomic mass is 10.3. The summed E-state index contributed by atoms with van der Waals surface area (Å²) < 4.78 is 5.70. The molecule has 0 saturated heterocycles. The van der Waals surface area contributed by atoms with Crippen LogP contribution >= 0.6 is 0 Å². The van der Waals surface area contributed by atoms with Crippen LogP contribution in [0.5, 0.6) is 5.75 Å². The van der Waals surface area contributed by atoms with Crippen LogP contribution in [-0.4, -0.2) is 42.1 Å². The molecular formula is C15H20N4O. The van der Waals surface area contributed by atoms with Crippen molar-refractivity contribution in [2.75, 3.05) is 32.6 Å². The first kappa shape index (κ1) is 14.3. The number of aromatic nitrogens is 2. The summed E-state index contributed by atoms with van der Waals surface area (Å²) in [5, 5.41) is 3.32. The molecule has 0 amide bonds. The number of anilines is 1. The van der Waals surface area contributed by atoms with Crippen LogP contribution < -0.4 is 10.1 Å². The largest absolute Gasteiger partial charge is 0.492 e. The van der Waals surface area contributed by atoms with E-state index in [1.165, 1.54) is 0 Å². The molecule has 106 valence electrons. The van der Waals surface area contributed by atoms with E-state index in [1.807, 2.05) is 44.4 Å². The van der Waals surface area contributed by atoms with Crippen molar-refractivity contribution in [1.82, 2.24) is 14.9 Å². The summed E-state index contributed by atoms with van der Waals surface area (Å²) >= 11 is 0. The second-order valence-corrected chi connectivity index (χ2v) is 4.73. The minimum atomic E-state index is 0.670. The average molecular weight is 272 g/mol. The number of hydrogen-bond acceptors (Lipinski definition) is 5. The molecule has 0 radical (unpaired) electrons. The summed E-state index contributed by atoms with van der Waals surface area (Å²) in [5.41, 5.74) is 1.98. The average Bonchev–Trinajstić information content (AvgIpc) is 2.46. The van der Waals surface area contributed by atoms with E-state index in [-0.39, 0.29) is 0 Å². The van der Waals surface area contributed by atoms with Gasteiger partial charge >= 0.3 is 0 Å². The molecular weight excluding hydrogens is 252 g/mol. The Morgan fingerprint density at radius 1 is 1.25 bits per heavy atom. The van der Waals surface area contributed by atoms with Crippen molar-refractivity contribution >= 4 is 5.69 Å². The Labute approximate surface area is 119 Å². The summed E-state index contributed by atoms with van der Waals surface area (Å²) in [6.45, 7) is 2.25. The van der Waals surface area contributed by atoms with Gasteiger partial charge in [-0.2, -0.15) is 0 Å². The molecule has 0 aliphatic carbocycles. The number of ether oxygens (including phenoxy) is 1. The number of hydrogen-bond donors (Lipinski definition) is 1. The van der Waals surface area contributed by atoms with Gasteiger partial charge in [-0.3, -0.25) is 0 Å². The first-order valence-corrected chi connectivity index (χ1v) is 6.60. The lowest BCUT2D eigenvalue weighted by molar-refractivity contribution is 0.261. The van der Waals surface area contributed by atoms with E-state index in [2.05, 4.69) is 20.2 Å². The van der Waals surface area contributed by atoms with Crippen LogP contribution in [0.1, 0.15) is 5.69 Å². The van der Waals surface area contributed by atoms with Gasteiger partial charge in [0.25, 0.3) is 0 Å². The van der Waals surface area contributed by atoms with E-state index in [4.69, 9.17) is 4.74 Å². The maximum absolute atomic E-state index is 5.70. The molecule has 0 unspecified atom stereocenters. The molecule has 1 N–H and O–H groups in total. The van der Waals surface area contributed by atoms with Crippen molar-refractivity contribution in [2.45, 2.75) is 6.54 Å². The van der Waals surface area contributed by atoms with Crippen molar-refractivity contribution in [2.24, 2.45) is 0 Å². The molecule has 1 aromatic carbocycles. The number of benzene rings is 1. The van der Waals surface area contributed by atoms with Crippen molar-refractivity contribution < 1.29 is 4.74 Å². The summed E-state index contributed by atoms with van der Waals surface area (Å²) in [5.74, 6) is 0.875. The van der Waals surface area contributed by atoms with E-state index in [9.17, 15) is 0 Å². The molecule has 0 atom stereocenters. The monoisotopic (exact) mass is 272 g/mol. The third-order valence-corrected chi connectivity index (χ3v) is 2.76. The summed E-state index contributed by atoms with van der Waals surface area (Å²) in [7, 11) is 4.06. The first-order chi connectivity index (χ1) is 9.74. The molecule has 2 rings (SSSR count). The molecule has 1 heterocycles. The SMILES string of the molecule is CN(C)CCOc1cccc(NCc2ccncn2)c1. The standard InChI is InChI=1S/C15H20N4O/c1-19(2)8-9-20-15-5-3-4-13(10-15)17-11-14-6-7-16-12-18-14/h3-7,10,12,17H,8-9,11H2,1-2H3. The highest BCUT2D eigenvalue weighted by Gasteiger charge is 1.98. The van der Waals surface area contributed by atoms with Crippen molar-refractivity contribution in [3.63, 3.8) is 0 Å². The molecule has 1 aromatic heterocycles. The molecule has 0 aliphatic heterocycles. The summed E-state index contributed by atoms with van der Waals surface area (Å²) in [6.07, 6.45) is 3.29. The van der Waals surface area contributed by atoms with Gasteiger partial charge in [-0.25, -0.2) is 9.97 Å². The van der Waals surface area contributed by atoms with Crippen LogP contribution in [0.25, 0.3) is 0 Å². The van der Waals surface area contributed by atoms with Crippen LogP contribution in [0.2, 0.25) is 0 Å². The van der Waals surface area contributed by atoms with Gasteiger partial charge in [-0.05, 0) is 32.3 Å². The van der Waals surface area contributed by atoms with Gasteiger partial charge < -0.3 is 15.0 Å². The normalized spacial score (nSPS) is 10.6. The van der Waals surface area contributed by atoms with Crippen LogP contribution in [0.15, 0.2) is 42.9 Å². The van der Waals surface area contributed by atoms with Crippen molar-refractivity contribution in [3.05, 3.63) is 48.5 Å². The molecule has 0 bridgehead atoms. The highest BCUT2D eigenvalue weighted by Crippen LogP contribution is 2.17. The Kier molecular flexibility index (Phi) is 5.32. The van der Waals surface area contributed by atoms with Crippen molar-refractivity contribution in [1.29, 1.82) is 0 Å². The smallest absolute Gasteiger partial charge is 0.121 e. The Hall–Kier alpha value is -2.14. The number of nitrogens with one attached hydrogen (secondary N) is 1. The zero-order valence-electron chi connectivity index (χ0n) is 11.9. The third kappa shape index (κ3) is 4.85. The van der Waals surface area contributed by atoms with Gasteiger partial charge in [0.15, 0.2) is 0 Å². The van der Waals surface area contributed by atoms with Gasteiger partial charge in [-0.15, -0.1) is 0 Å². The van der Waals surface area contributed by atoms with Gasteiger partial charge in [0.1, 0.15) is 18.7 Å². The van der Waals surface area contributed by atoms with E-state index >= 15 is 0 Å². The predicted octanol–water partition coefficient (Wildman–Crippen LogP) is 2.03. The summed E-state index contributed by atoms with van der Waals surface area (Å²) in [6, 6.07) is 9.85. The van der Waals surface area contributed by atoms with Gasteiger partial charge in [0.2, 0.25) is 0 Å². The molecule has 2 aromatic rings. The summed E-state index contributed by atoms with van der Waals surface area (Å²) in [4.78, 5) is 10.2. The first-order valence-electron chi connectivity index (χ1n) is 6.60. The van der Waals surface area contributed by atoms with E-state index in [0.29, 0.717) is 13.2 Å². The van der Waals surface area contributed by atoms with Crippen LogP contribution in [0.3, 0.4) is 0 Å². The lowest BCUT2D eigenvalue weighted by Crippen LogP contribution is -2.19. The zero-order valence-corrected chi connectivity index (χ0v) is 11.9. The van der Waals surface area contributed by atoms with Crippen LogP contribution in [0, 0.1) is 0 Å². The van der Waals surface area contributed by atoms with E-state index in [0.717, 1.165) is 23.7 Å². The van der Waals surface area contributed by atoms with Crippen LogP contribution in [-0.2, 0) is 6.54 Å². The molecule has 20 heavy (non-hydrogen) atoms. The maximum atomic E-state index is 5.70. The zero-order chi connectivity index (χ0) is 14.2. The second kappa shape index (κ2) is 7.45. The fraction of sp³-hybridized carbons (Fsp3) is 0.333. The fourth-order valence-electron chi connectivity index (χ4n) is 1.66. The van der Waals surface area contributed by atoms with Crippen LogP contribution in [0.4, 0.5) is 5.69 Å². The highest BCUT2D eigenvalue weighted by atomic mass is 16.5. The van der Waals surface area contributed by atoms with Gasteiger partial charge in [-0.1, -0.05) is 6.07 Å². The third-order valence-electron chi connectivity index (χ3n) is 2.76. The quantitative estimate of drug-likeness (QED) is 0.835. The molecule has 0 fully saturated rings. The number of likely N-dealkylation sites (N-methyl/N-ethyl adjacent to an activating group) is 1.